The van der Waals surface area contributed by atoms with E-state index in [2.05, 4.69) is 46.1 Å². The van der Waals surface area contributed by atoms with E-state index in [0.717, 1.165) is 31.0 Å². The highest BCUT2D eigenvalue weighted by atomic mass is 16.5. The minimum atomic E-state index is 0.916. The van der Waals surface area contributed by atoms with Crippen molar-refractivity contribution in [2.45, 2.75) is 46.0 Å². The molecule has 0 spiro atoms. The van der Waals surface area contributed by atoms with Crippen molar-refractivity contribution in [2.24, 2.45) is 0 Å². The number of anilines is 1. The average molecular weight is 341 g/mol. The number of nitrogens with zero attached hydrogens (tertiary/aromatic N) is 3. The van der Waals surface area contributed by atoms with Gasteiger partial charge in [-0.1, -0.05) is 35.7 Å². The fraction of sp³-hybridized carbons (Fsp3) is 0.571. The Morgan fingerprint density at radius 2 is 1.64 bits per heavy atom. The van der Waals surface area contributed by atoms with Crippen LogP contribution in [-0.2, 0) is 6.42 Å². The van der Waals surface area contributed by atoms with E-state index >= 15 is 0 Å². The SMILES string of the molecule is Cc1ccc(N2CCN(CCCCCCc3cc(C)on3)CC2)cc1. The van der Waals surface area contributed by atoms with E-state index in [1.54, 1.807) is 0 Å². The highest BCUT2D eigenvalue weighted by molar-refractivity contribution is 5.47. The Morgan fingerprint density at radius 3 is 2.32 bits per heavy atom. The Kier molecular flexibility index (Phi) is 6.51. The Balaban J connectivity index is 1.26. The molecule has 4 heteroatoms. The maximum atomic E-state index is 5.11. The third-order valence-electron chi connectivity index (χ3n) is 5.11. The highest BCUT2D eigenvalue weighted by Gasteiger charge is 2.16. The van der Waals surface area contributed by atoms with E-state index in [-0.39, 0.29) is 0 Å². The van der Waals surface area contributed by atoms with Gasteiger partial charge < -0.3 is 9.42 Å². The summed E-state index contributed by atoms with van der Waals surface area (Å²) < 4.78 is 5.11. The molecule has 0 radical (unpaired) electrons. The lowest BCUT2D eigenvalue weighted by Crippen LogP contribution is -2.46. The fourth-order valence-electron chi connectivity index (χ4n) is 3.52. The lowest BCUT2D eigenvalue weighted by Gasteiger charge is -2.36. The van der Waals surface area contributed by atoms with Crippen LogP contribution in [0.15, 0.2) is 34.9 Å². The summed E-state index contributed by atoms with van der Waals surface area (Å²) in [7, 11) is 0. The zero-order chi connectivity index (χ0) is 17.5. The van der Waals surface area contributed by atoms with E-state index in [1.165, 1.54) is 56.6 Å². The molecular formula is C21H31N3O. The Morgan fingerprint density at radius 1 is 0.920 bits per heavy atom. The van der Waals surface area contributed by atoms with Gasteiger partial charge >= 0.3 is 0 Å². The molecule has 1 aliphatic rings. The van der Waals surface area contributed by atoms with Gasteiger partial charge in [0.25, 0.3) is 0 Å². The summed E-state index contributed by atoms with van der Waals surface area (Å²) in [5, 5.41) is 4.06. The standard InChI is InChI=1S/C21H31N3O/c1-18-8-10-21(11-9-18)24-15-13-23(14-16-24)12-6-4-3-5-7-20-17-19(2)25-22-20/h8-11,17H,3-7,12-16H2,1-2H3. The number of benzene rings is 1. The molecule has 2 aromatic rings. The van der Waals surface area contributed by atoms with Crippen LogP contribution in [0, 0.1) is 13.8 Å². The van der Waals surface area contributed by atoms with E-state index < -0.39 is 0 Å². The zero-order valence-corrected chi connectivity index (χ0v) is 15.7. The number of aromatic nitrogens is 1. The van der Waals surface area contributed by atoms with Crippen molar-refractivity contribution in [3.63, 3.8) is 0 Å². The molecule has 0 aliphatic carbocycles. The summed E-state index contributed by atoms with van der Waals surface area (Å²) in [5.41, 5.74) is 3.80. The largest absolute Gasteiger partial charge is 0.369 e. The van der Waals surface area contributed by atoms with E-state index in [9.17, 15) is 0 Å². The van der Waals surface area contributed by atoms with Crippen LogP contribution in [0.3, 0.4) is 0 Å². The number of aryl methyl sites for hydroxylation is 3. The van der Waals surface area contributed by atoms with E-state index in [0.29, 0.717) is 0 Å². The molecule has 1 aromatic carbocycles. The summed E-state index contributed by atoms with van der Waals surface area (Å²) in [6.07, 6.45) is 6.17. The van der Waals surface area contributed by atoms with Gasteiger partial charge in [0.1, 0.15) is 5.76 Å². The molecule has 0 N–H and O–H groups in total. The average Bonchev–Trinajstić information content (AvgIpc) is 3.04. The summed E-state index contributed by atoms with van der Waals surface area (Å²) in [5.74, 6) is 0.916. The molecule has 0 amide bonds. The molecule has 0 saturated carbocycles. The normalized spacial score (nSPS) is 15.7. The predicted octanol–water partition coefficient (Wildman–Crippen LogP) is 4.22. The highest BCUT2D eigenvalue weighted by Crippen LogP contribution is 2.17. The molecule has 3 rings (SSSR count). The van der Waals surface area contributed by atoms with Crippen LogP contribution in [0.5, 0.6) is 0 Å². The predicted molar refractivity (Wildman–Crippen MR) is 103 cm³/mol. The van der Waals surface area contributed by atoms with Gasteiger partial charge in [-0.05, 0) is 51.8 Å². The first-order chi connectivity index (χ1) is 12.2. The van der Waals surface area contributed by atoms with Gasteiger partial charge in [0.15, 0.2) is 0 Å². The van der Waals surface area contributed by atoms with Gasteiger partial charge in [-0.25, -0.2) is 0 Å². The molecule has 136 valence electrons. The van der Waals surface area contributed by atoms with Crippen LogP contribution in [0.4, 0.5) is 5.69 Å². The minimum absolute atomic E-state index is 0.916. The van der Waals surface area contributed by atoms with Gasteiger partial charge in [-0.3, -0.25) is 4.90 Å². The Bertz CT molecular complexity index is 627. The molecule has 25 heavy (non-hydrogen) atoms. The molecule has 2 heterocycles. The number of hydrogen-bond donors (Lipinski definition) is 0. The van der Waals surface area contributed by atoms with Crippen molar-refractivity contribution < 1.29 is 4.52 Å². The third kappa shape index (κ3) is 5.60. The fourth-order valence-corrected chi connectivity index (χ4v) is 3.52. The van der Waals surface area contributed by atoms with Crippen molar-refractivity contribution in [1.29, 1.82) is 0 Å². The summed E-state index contributed by atoms with van der Waals surface area (Å²) in [6.45, 7) is 10.0. The second-order valence-corrected chi connectivity index (χ2v) is 7.26. The summed E-state index contributed by atoms with van der Waals surface area (Å²) in [6, 6.07) is 11.0. The van der Waals surface area contributed by atoms with Crippen LogP contribution in [0.2, 0.25) is 0 Å². The van der Waals surface area contributed by atoms with E-state index in [1.807, 2.05) is 13.0 Å². The van der Waals surface area contributed by atoms with Crippen molar-refractivity contribution in [3.05, 3.63) is 47.3 Å². The van der Waals surface area contributed by atoms with Gasteiger partial charge in [-0.15, -0.1) is 0 Å². The van der Waals surface area contributed by atoms with Crippen molar-refractivity contribution >= 4 is 5.69 Å². The van der Waals surface area contributed by atoms with Gasteiger partial charge in [-0.2, -0.15) is 0 Å². The van der Waals surface area contributed by atoms with Crippen LogP contribution < -0.4 is 4.90 Å². The van der Waals surface area contributed by atoms with Gasteiger partial charge in [0.2, 0.25) is 0 Å². The maximum absolute atomic E-state index is 5.11. The molecule has 1 aromatic heterocycles. The van der Waals surface area contributed by atoms with Crippen LogP contribution in [0.25, 0.3) is 0 Å². The van der Waals surface area contributed by atoms with Crippen molar-refractivity contribution in [2.75, 3.05) is 37.6 Å². The molecule has 1 fully saturated rings. The van der Waals surface area contributed by atoms with Gasteiger partial charge in [0, 0.05) is 37.9 Å². The molecule has 1 aliphatic heterocycles. The Hall–Kier alpha value is -1.81. The van der Waals surface area contributed by atoms with Crippen molar-refractivity contribution in [1.82, 2.24) is 10.1 Å². The molecule has 0 atom stereocenters. The van der Waals surface area contributed by atoms with Crippen LogP contribution >= 0.6 is 0 Å². The number of rotatable bonds is 8. The number of piperazine rings is 1. The summed E-state index contributed by atoms with van der Waals surface area (Å²) >= 11 is 0. The van der Waals surface area contributed by atoms with Crippen molar-refractivity contribution in [3.8, 4) is 0 Å². The second kappa shape index (κ2) is 9.04. The molecule has 0 bridgehead atoms. The second-order valence-electron chi connectivity index (χ2n) is 7.26. The smallest absolute Gasteiger partial charge is 0.133 e. The quantitative estimate of drug-likeness (QED) is 0.673. The zero-order valence-electron chi connectivity index (χ0n) is 15.7. The summed E-state index contributed by atoms with van der Waals surface area (Å²) in [4.78, 5) is 5.13. The first-order valence-electron chi connectivity index (χ1n) is 9.67. The van der Waals surface area contributed by atoms with Gasteiger partial charge in [0.05, 0.1) is 5.69 Å². The topological polar surface area (TPSA) is 32.5 Å². The third-order valence-corrected chi connectivity index (χ3v) is 5.11. The lowest BCUT2D eigenvalue weighted by molar-refractivity contribution is 0.252. The lowest BCUT2D eigenvalue weighted by atomic mass is 10.1. The Labute approximate surface area is 151 Å². The first kappa shape index (κ1) is 18.0. The maximum Gasteiger partial charge on any atom is 0.133 e. The van der Waals surface area contributed by atoms with Crippen LogP contribution in [-0.4, -0.2) is 42.8 Å². The molecule has 0 unspecified atom stereocenters. The number of hydrogen-bond acceptors (Lipinski definition) is 4. The van der Waals surface area contributed by atoms with Crippen LogP contribution in [0.1, 0.15) is 42.7 Å². The van der Waals surface area contributed by atoms with E-state index in [4.69, 9.17) is 4.52 Å². The first-order valence-corrected chi connectivity index (χ1v) is 9.67. The minimum Gasteiger partial charge on any atom is -0.369 e. The number of unbranched alkanes of at least 4 members (excludes halogenated alkanes) is 3. The molecule has 4 nitrogen and oxygen atoms in total. The molecule has 1 saturated heterocycles. The monoisotopic (exact) mass is 341 g/mol. The molecular weight excluding hydrogens is 310 g/mol.